The molecule has 0 unspecified atom stereocenters. The maximum Gasteiger partial charge on any atom is 0.268 e. The van der Waals surface area contributed by atoms with Gasteiger partial charge in [-0.05, 0) is 29.8 Å². The van der Waals surface area contributed by atoms with Gasteiger partial charge in [0, 0.05) is 18.9 Å². The largest absolute Gasteiger partial charge is 0.493 e. The standard InChI is InChI=1S/C23H19N5O4/c1-31-19-7-6-14(8-20(19)32-18-5-3-2-4-15(18)10-24)16-9-22(29)28(13-16)21-12-26-11-17(27-21)23(25)30/h2-8,11-12,16H,9,13H2,1H3,(H2,25,30)/t16-/m0/s1. The Bertz CT molecular complexity index is 1240. The smallest absolute Gasteiger partial charge is 0.268 e. The van der Waals surface area contributed by atoms with Crippen LogP contribution in [-0.2, 0) is 4.79 Å². The van der Waals surface area contributed by atoms with Crippen molar-refractivity contribution in [2.75, 3.05) is 18.6 Å². The van der Waals surface area contributed by atoms with Gasteiger partial charge in [-0.2, -0.15) is 5.26 Å². The van der Waals surface area contributed by atoms with Crippen LogP contribution >= 0.6 is 0 Å². The lowest BCUT2D eigenvalue weighted by Gasteiger charge is -2.17. The van der Waals surface area contributed by atoms with Gasteiger partial charge in [-0.3, -0.25) is 19.5 Å². The first-order valence-corrected chi connectivity index (χ1v) is 9.77. The summed E-state index contributed by atoms with van der Waals surface area (Å²) in [6.07, 6.45) is 2.94. The van der Waals surface area contributed by atoms with E-state index >= 15 is 0 Å². The van der Waals surface area contributed by atoms with Gasteiger partial charge < -0.3 is 15.2 Å². The molecule has 0 radical (unpaired) electrons. The summed E-state index contributed by atoms with van der Waals surface area (Å²) in [5.74, 6) is 0.642. The fourth-order valence-corrected chi connectivity index (χ4v) is 3.55. The minimum absolute atomic E-state index is 0.00459. The second-order valence-electron chi connectivity index (χ2n) is 7.15. The first-order valence-electron chi connectivity index (χ1n) is 9.77. The van der Waals surface area contributed by atoms with E-state index < -0.39 is 5.91 Å². The number of nitrogens with two attached hydrogens (primary N) is 1. The number of ether oxygens (including phenoxy) is 2. The molecule has 1 saturated heterocycles. The normalized spacial score (nSPS) is 15.3. The van der Waals surface area contributed by atoms with Crippen molar-refractivity contribution in [2.45, 2.75) is 12.3 Å². The van der Waals surface area contributed by atoms with Gasteiger partial charge in [-0.15, -0.1) is 0 Å². The zero-order valence-electron chi connectivity index (χ0n) is 17.2. The van der Waals surface area contributed by atoms with Crippen molar-refractivity contribution in [3.63, 3.8) is 0 Å². The second-order valence-corrected chi connectivity index (χ2v) is 7.15. The number of para-hydroxylation sites is 1. The lowest BCUT2D eigenvalue weighted by Crippen LogP contribution is -2.26. The van der Waals surface area contributed by atoms with E-state index in [1.54, 1.807) is 36.4 Å². The van der Waals surface area contributed by atoms with Crippen molar-refractivity contribution >= 4 is 17.6 Å². The van der Waals surface area contributed by atoms with Gasteiger partial charge in [0.25, 0.3) is 5.91 Å². The van der Waals surface area contributed by atoms with E-state index in [1.807, 2.05) is 6.07 Å². The third kappa shape index (κ3) is 4.06. The molecule has 2 N–H and O–H groups in total. The third-order valence-corrected chi connectivity index (χ3v) is 5.16. The number of aromatic nitrogens is 2. The molecule has 0 aliphatic carbocycles. The van der Waals surface area contributed by atoms with Crippen molar-refractivity contribution in [3.05, 3.63) is 71.7 Å². The van der Waals surface area contributed by atoms with Crippen LogP contribution < -0.4 is 20.1 Å². The zero-order chi connectivity index (χ0) is 22.7. The minimum Gasteiger partial charge on any atom is -0.493 e. The number of hydrogen-bond donors (Lipinski definition) is 1. The molecule has 0 bridgehead atoms. The molecule has 1 aromatic heterocycles. The van der Waals surface area contributed by atoms with E-state index in [1.165, 1.54) is 24.4 Å². The average molecular weight is 429 g/mol. The number of hydrogen-bond acceptors (Lipinski definition) is 7. The molecular formula is C23H19N5O4. The molecule has 0 saturated carbocycles. The number of rotatable bonds is 6. The molecule has 2 amide bonds. The molecule has 9 heteroatoms. The monoisotopic (exact) mass is 429 g/mol. The number of carbonyl (C=O) groups is 2. The number of amides is 2. The summed E-state index contributed by atoms with van der Waals surface area (Å²) >= 11 is 0. The first kappa shape index (κ1) is 20.8. The van der Waals surface area contributed by atoms with Crippen LogP contribution in [0.2, 0.25) is 0 Å². The lowest BCUT2D eigenvalue weighted by molar-refractivity contribution is -0.117. The number of methoxy groups -OCH3 is 1. The van der Waals surface area contributed by atoms with Crippen LogP contribution in [0.4, 0.5) is 5.82 Å². The number of anilines is 1. The predicted molar refractivity (Wildman–Crippen MR) is 114 cm³/mol. The number of primary amides is 1. The fraction of sp³-hybridized carbons (Fsp3) is 0.174. The minimum atomic E-state index is -0.711. The third-order valence-electron chi connectivity index (χ3n) is 5.16. The van der Waals surface area contributed by atoms with Gasteiger partial charge in [0.15, 0.2) is 17.3 Å². The van der Waals surface area contributed by atoms with Gasteiger partial charge in [0.2, 0.25) is 5.91 Å². The highest BCUT2D eigenvalue weighted by Crippen LogP contribution is 2.38. The van der Waals surface area contributed by atoms with Crippen LogP contribution in [0.15, 0.2) is 54.9 Å². The van der Waals surface area contributed by atoms with Crippen molar-refractivity contribution in [3.8, 4) is 23.3 Å². The predicted octanol–water partition coefficient (Wildman–Crippen LogP) is 2.77. The summed E-state index contributed by atoms with van der Waals surface area (Å²) in [4.78, 5) is 33.7. The molecule has 2 aromatic carbocycles. The van der Waals surface area contributed by atoms with E-state index in [-0.39, 0.29) is 29.8 Å². The van der Waals surface area contributed by atoms with Crippen LogP contribution in [-0.4, -0.2) is 35.4 Å². The summed E-state index contributed by atoms with van der Waals surface area (Å²) in [6.45, 7) is 0.357. The van der Waals surface area contributed by atoms with E-state index in [9.17, 15) is 14.9 Å². The quantitative estimate of drug-likeness (QED) is 0.637. The molecule has 4 rings (SSSR count). The summed E-state index contributed by atoms with van der Waals surface area (Å²) in [5, 5.41) is 9.33. The Labute approximate surface area is 184 Å². The van der Waals surface area contributed by atoms with Gasteiger partial charge in [0.05, 0.1) is 25.1 Å². The Hall–Kier alpha value is -4.45. The van der Waals surface area contributed by atoms with Crippen LogP contribution in [0.5, 0.6) is 17.2 Å². The van der Waals surface area contributed by atoms with Crippen LogP contribution in [0.25, 0.3) is 0 Å². The van der Waals surface area contributed by atoms with Gasteiger partial charge in [0.1, 0.15) is 17.5 Å². The lowest BCUT2D eigenvalue weighted by atomic mass is 9.98. The van der Waals surface area contributed by atoms with E-state index in [0.717, 1.165) is 5.56 Å². The van der Waals surface area contributed by atoms with E-state index in [4.69, 9.17) is 15.2 Å². The molecule has 1 aliphatic heterocycles. The molecule has 1 fully saturated rings. The van der Waals surface area contributed by atoms with Crippen LogP contribution in [0, 0.1) is 11.3 Å². The molecule has 3 aromatic rings. The van der Waals surface area contributed by atoms with Crippen LogP contribution in [0.3, 0.4) is 0 Å². The van der Waals surface area contributed by atoms with Gasteiger partial charge in [-0.1, -0.05) is 18.2 Å². The highest BCUT2D eigenvalue weighted by molar-refractivity contribution is 5.96. The zero-order valence-corrected chi connectivity index (χ0v) is 17.2. The SMILES string of the molecule is COc1ccc([C@H]2CC(=O)N(c3cncc(C(N)=O)n3)C2)cc1Oc1ccccc1C#N. The Kier molecular flexibility index (Phi) is 5.68. The summed E-state index contributed by atoms with van der Waals surface area (Å²) in [6, 6.07) is 14.5. The van der Waals surface area contributed by atoms with Crippen LogP contribution in [0.1, 0.15) is 34.0 Å². The molecule has 1 atom stereocenters. The Balaban J connectivity index is 1.61. The molecule has 160 valence electrons. The number of benzene rings is 2. The maximum absolute atomic E-state index is 12.7. The number of nitriles is 1. The fourth-order valence-electron chi connectivity index (χ4n) is 3.55. The molecule has 32 heavy (non-hydrogen) atoms. The molecule has 9 nitrogen and oxygen atoms in total. The second kappa shape index (κ2) is 8.73. The van der Waals surface area contributed by atoms with E-state index in [2.05, 4.69) is 16.0 Å². The topological polar surface area (TPSA) is 131 Å². The van der Waals surface area contributed by atoms with Crippen molar-refractivity contribution in [1.82, 2.24) is 9.97 Å². The van der Waals surface area contributed by atoms with Crippen molar-refractivity contribution in [2.24, 2.45) is 5.73 Å². The Morgan fingerprint density at radius 1 is 1.19 bits per heavy atom. The molecular weight excluding hydrogens is 410 g/mol. The molecule has 1 aliphatic rings. The summed E-state index contributed by atoms with van der Waals surface area (Å²) in [5.41, 5.74) is 6.53. The highest BCUT2D eigenvalue weighted by Gasteiger charge is 2.33. The highest BCUT2D eigenvalue weighted by atomic mass is 16.5. The molecule has 0 spiro atoms. The van der Waals surface area contributed by atoms with Crippen molar-refractivity contribution in [1.29, 1.82) is 5.26 Å². The Morgan fingerprint density at radius 3 is 2.75 bits per heavy atom. The van der Waals surface area contributed by atoms with Gasteiger partial charge in [-0.25, -0.2) is 4.98 Å². The molecule has 2 heterocycles. The van der Waals surface area contributed by atoms with Crippen molar-refractivity contribution < 1.29 is 19.1 Å². The Morgan fingerprint density at radius 2 is 2.00 bits per heavy atom. The summed E-state index contributed by atoms with van der Waals surface area (Å²) < 4.78 is 11.4. The first-order chi connectivity index (χ1) is 15.5. The van der Waals surface area contributed by atoms with Gasteiger partial charge >= 0.3 is 0 Å². The van der Waals surface area contributed by atoms with E-state index in [0.29, 0.717) is 29.4 Å². The number of carbonyl (C=O) groups excluding carboxylic acids is 2. The maximum atomic E-state index is 12.7. The average Bonchev–Trinajstić information content (AvgIpc) is 3.21. The number of nitrogens with zero attached hydrogens (tertiary/aromatic N) is 4. The summed E-state index contributed by atoms with van der Waals surface area (Å²) in [7, 11) is 1.53.